The van der Waals surface area contributed by atoms with E-state index in [0.29, 0.717) is 36.3 Å². The molecular formula is C16H24Cl2N2O2. The van der Waals surface area contributed by atoms with Gasteiger partial charge in [-0.2, -0.15) is 0 Å². The molecule has 1 aliphatic carbocycles. The van der Waals surface area contributed by atoms with E-state index in [1.54, 1.807) is 12.1 Å². The van der Waals surface area contributed by atoms with E-state index in [1.165, 1.54) is 6.42 Å². The summed E-state index contributed by atoms with van der Waals surface area (Å²) in [4.78, 5) is 12.0. The second-order valence-electron chi connectivity index (χ2n) is 5.48. The van der Waals surface area contributed by atoms with Crippen LogP contribution in [0.25, 0.3) is 0 Å². The molecule has 22 heavy (non-hydrogen) atoms. The van der Waals surface area contributed by atoms with Crippen LogP contribution in [0.4, 0.5) is 0 Å². The fourth-order valence-electron chi connectivity index (χ4n) is 2.77. The van der Waals surface area contributed by atoms with Crippen molar-refractivity contribution in [2.75, 3.05) is 13.2 Å². The van der Waals surface area contributed by atoms with Crippen molar-refractivity contribution in [2.45, 2.75) is 38.1 Å². The van der Waals surface area contributed by atoms with E-state index in [2.05, 4.69) is 5.32 Å². The summed E-state index contributed by atoms with van der Waals surface area (Å²) in [7, 11) is 0. The van der Waals surface area contributed by atoms with E-state index in [0.717, 1.165) is 19.3 Å². The number of halogens is 2. The number of hydrogen-bond acceptors (Lipinski definition) is 3. The summed E-state index contributed by atoms with van der Waals surface area (Å²) in [6, 6.07) is 7.49. The van der Waals surface area contributed by atoms with Gasteiger partial charge in [0.25, 0.3) is 0 Å². The average molecular weight is 347 g/mol. The Morgan fingerprint density at radius 2 is 2.05 bits per heavy atom. The standard InChI is InChI=1S/C16H23ClN2O2.ClH/c17-13-6-2-4-8-15(13)21-10-9-16(20)19-14-7-3-1-5-12(14)11-18;/h2,4,6,8,12,14H,1,3,5,7,9-11,18H2,(H,19,20);1H. The van der Waals surface area contributed by atoms with E-state index in [-0.39, 0.29) is 24.4 Å². The highest BCUT2D eigenvalue weighted by Crippen LogP contribution is 2.24. The molecular weight excluding hydrogens is 323 g/mol. The third-order valence-corrected chi connectivity index (χ3v) is 4.29. The minimum absolute atomic E-state index is 0. The zero-order valence-electron chi connectivity index (χ0n) is 12.6. The van der Waals surface area contributed by atoms with Crippen molar-refractivity contribution in [1.82, 2.24) is 5.32 Å². The van der Waals surface area contributed by atoms with Gasteiger partial charge in [-0.3, -0.25) is 4.79 Å². The molecule has 4 nitrogen and oxygen atoms in total. The van der Waals surface area contributed by atoms with Crippen LogP contribution in [-0.2, 0) is 4.79 Å². The maximum absolute atomic E-state index is 12.0. The van der Waals surface area contributed by atoms with Crippen molar-refractivity contribution in [3.8, 4) is 5.75 Å². The normalized spacial score (nSPS) is 20.8. The Balaban J connectivity index is 0.00000242. The molecule has 0 aromatic heterocycles. The van der Waals surface area contributed by atoms with E-state index < -0.39 is 0 Å². The van der Waals surface area contributed by atoms with E-state index >= 15 is 0 Å². The molecule has 6 heteroatoms. The molecule has 1 amide bonds. The van der Waals surface area contributed by atoms with Crippen LogP contribution < -0.4 is 15.8 Å². The molecule has 1 fully saturated rings. The number of para-hydroxylation sites is 1. The number of nitrogens with one attached hydrogen (secondary N) is 1. The van der Waals surface area contributed by atoms with Gasteiger partial charge in [-0.05, 0) is 37.4 Å². The van der Waals surface area contributed by atoms with Crippen LogP contribution in [0.1, 0.15) is 32.1 Å². The van der Waals surface area contributed by atoms with Gasteiger partial charge in [0, 0.05) is 6.04 Å². The Morgan fingerprint density at radius 3 is 2.77 bits per heavy atom. The summed E-state index contributed by atoms with van der Waals surface area (Å²) in [5, 5.41) is 3.65. The molecule has 0 spiro atoms. The molecule has 1 aromatic rings. The third kappa shape index (κ3) is 5.67. The molecule has 1 aliphatic rings. The quantitative estimate of drug-likeness (QED) is 0.831. The summed E-state index contributed by atoms with van der Waals surface area (Å²) >= 11 is 5.99. The van der Waals surface area contributed by atoms with E-state index in [1.807, 2.05) is 12.1 Å². The number of rotatable bonds is 6. The van der Waals surface area contributed by atoms with Gasteiger partial charge in [-0.15, -0.1) is 12.4 Å². The lowest BCUT2D eigenvalue weighted by molar-refractivity contribution is -0.122. The highest BCUT2D eigenvalue weighted by Gasteiger charge is 2.25. The lowest BCUT2D eigenvalue weighted by Crippen LogP contribution is -2.45. The summed E-state index contributed by atoms with van der Waals surface area (Å²) in [6.07, 6.45) is 4.84. The number of benzene rings is 1. The van der Waals surface area contributed by atoms with Crippen molar-refractivity contribution in [1.29, 1.82) is 0 Å². The van der Waals surface area contributed by atoms with Crippen LogP contribution in [-0.4, -0.2) is 25.1 Å². The van der Waals surface area contributed by atoms with Gasteiger partial charge in [0.1, 0.15) is 5.75 Å². The van der Waals surface area contributed by atoms with Gasteiger partial charge in [-0.25, -0.2) is 0 Å². The van der Waals surface area contributed by atoms with Gasteiger partial charge in [-0.1, -0.05) is 36.6 Å². The number of ether oxygens (including phenoxy) is 1. The van der Waals surface area contributed by atoms with Gasteiger partial charge < -0.3 is 15.8 Å². The van der Waals surface area contributed by atoms with Gasteiger partial charge in [0.2, 0.25) is 5.91 Å². The van der Waals surface area contributed by atoms with Crippen LogP contribution in [0.5, 0.6) is 5.75 Å². The van der Waals surface area contributed by atoms with Crippen LogP contribution in [0.3, 0.4) is 0 Å². The first-order valence-electron chi connectivity index (χ1n) is 7.57. The van der Waals surface area contributed by atoms with Gasteiger partial charge in [0.05, 0.1) is 18.1 Å². The highest BCUT2D eigenvalue weighted by atomic mass is 35.5. The maximum atomic E-state index is 12.0. The lowest BCUT2D eigenvalue weighted by Gasteiger charge is -2.31. The van der Waals surface area contributed by atoms with Gasteiger partial charge >= 0.3 is 0 Å². The smallest absolute Gasteiger partial charge is 0.223 e. The molecule has 0 heterocycles. The fraction of sp³-hybridized carbons (Fsp3) is 0.562. The number of amides is 1. The largest absolute Gasteiger partial charge is 0.491 e. The molecule has 124 valence electrons. The zero-order valence-corrected chi connectivity index (χ0v) is 14.2. The number of nitrogens with two attached hydrogens (primary N) is 1. The van der Waals surface area contributed by atoms with E-state index in [9.17, 15) is 4.79 Å². The molecule has 1 saturated carbocycles. The molecule has 3 N–H and O–H groups in total. The molecule has 2 atom stereocenters. The van der Waals surface area contributed by atoms with E-state index in [4.69, 9.17) is 22.1 Å². The summed E-state index contributed by atoms with van der Waals surface area (Å²) in [6.45, 7) is 0.969. The molecule has 0 aliphatic heterocycles. The van der Waals surface area contributed by atoms with Crippen molar-refractivity contribution in [3.05, 3.63) is 29.3 Å². The molecule has 0 radical (unpaired) electrons. The number of carbonyl (C=O) groups is 1. The Hall–Kier alpha value is -0.970. The predicted octanol–water partition coefficient (Wildman–Crippen LogP) is 3.16. The minimum Gasteiger partial charge on any atom is -0.491 e. The van der Waals surface area contributed by atoms with Crippen LogP contribution in [0.15, 0.2) is 24.3 Å². The third-order valence-electron chi connectivity index (χ3n) is 3.98. The number of carbonyl (C=O) groups excluding carboxylic acids is 1. The zero-order chi connectivity index (χ0) is 15.1. The Labute approximate surface area is 143 Å². The molecule has 2 unspecified atom stereocenters. The Morgan fingerprint density at radius 1 is 1.32 bits per heavy atom. The molecule has 1 aromatic carbocycles. The maximum Gasteiger partial charge on any atom is 0.223 e. The Kier molecular flexibility index (Phi) is 8.61. The average Bonchev–Trinajstić information content (AvgIpc) is 2.50. The summed E-state index contributed by atoms with van der Waals surface area (Å²) in [5.41, 5.74) is 5.77. The van der Waals surface area contributed by atoms with Gasteiger partial charge in [0.15, 0.2) is 0 Å². The molecule has 0 bridgehead atoms. The Bertz CT molecular complexity index is 471. The van der Waals surface area contributed by atoms with Crippen molar-refractivity contribution in [2.24, 2.45) is 11.7 Å². The lowest BCUT2D eigenvalue weighted by atomic mass is 9.84. The fourth-order valence-corrected chi connectivity index (χ4v) is 2.96. The summed E-state index contributed by atoms with van der Waals surface area (Å²) < 4.78 is 5.53. The van der Waals surface area contributed by atoms with Crippen molar-refractivity contribution >= 4 is 29.9 Å². The summed E-state index contributed by atoms with van der Waals surface area (Å²) in [5.74, 6) is 1.05. The second kappa shape index (κ2) is 9.93. The number of hydrogen-bond donors (Lipinski definition) is 2. The highest BCUT2D eigenvalue weighted by molar-refractivity contribution is 6.32. The minimum atomic E-state index is 0. The van der Waals surface area contributed by atoms with Crippen LogP contribution >= 0.6 is 24.0 Å². The molecule has 2 rings (SSSR count). The first-order chi connectivity index (χ1) is 10.2. The van der Waals surface area contributed by atoms with Crippen LogP contribution in [0, 0.1) is 5.92 Å². The van der Waals surface area contributed by atoms with Crippen LogP contribution in [0.2, 0.25) is 5.02 Å². The van der Waals surface area contributed by atoms with Crippen molar-refractivity contribution in [3.63, 3.8) is 0 Å². The monoisotopic (exact) mass is 346 g/mol. The topological polar surface area (TPSA) is 64.3 Å². The molecule has 0 saturated heterocycles. The second-order valence-corrected chi connectivity index (χ2v) is 5.89. The van der Waals surface area contributed by atoms with Crippen molar-refractivity contribution < 1.29 is 9.53 Å². The predicted molar refractivity (Wildman–Crippen MR) is 91.8 cm³/mol. The first-order valence-corrected chi connectivity index (χ1v) is 7.95. The first kappa shape index (κ1) is 19.1. The SMILES string of the molecule is Cl.NCC1CCCCC1NC(=O)CCOc1ccccc1Cl.